The van der Waals surface area contributed by atoms with Crippen LogP contribution in [0.15, 0.2) is 0 Å². The van der Waals surface area contributed by atoms with Gasteiger partial charge in [-0.3, -0.25) is 4.68 Å². The maximum absolute atomic E-state index is 10.3. The Morgan fingerprint density at radius 2 is 1.87 bits per heavy atom. The molecule has 1 aromatic rings. The number of hydrogen-bond acceptors (Lipinski definition) is 2. The first-order valence-corrected chi connectivity index (χ1v) is 5.75. The molecule has 1 heterocycles. The van der Waals surface area contributed by atoms with Gasteiger partial charge in [0.1, 0.15) is 0 Å². The first-order valence-electron chi connectivity index (χ1n) is 5.75. The van der Waals surface area contributed by atoms with E-state index in [2.05, 4.69) is 18.9 Å². The lowest BCUT2D eigenvalue weighted by molar-refractivity contribution is 0.0258. The number of aryl methyl sites for hydroxylation is 1. The second-order valence-corrected chi connectivity index (χ2v) is 4.88. The summed E-state index contributed by atoms with van der Waals surface area (Å²) in [7, 11) is 0. The van der Waals surface area contributed by atoms with Crippen LogP contribution >= 0.6 is 0 Å². The number of aromatic nitrogens is 2. The zero-order valence-corrected chi connectivity index (χ0v) is 9.88. The molecule has 0 radical (unpaired) electrons. The van der Waals surface area contributed by atoms with Crippen molar-refractivity contribution in [1.82, 2.24) is 9.78 Å². The van der Waals surface area contributed by atoms with Crippen LogP contribution in [0, 0.1) is 20.8 Å². The van der Waals surface area contributed by atoms with Gasteiger partial charge < -0.3 is 5.11 Å². The van der Waals surface area contributed by atoms with E-state index in [-0.39, 0.29) is 0 Å². The van der Waals surface area contributed by atoms with Gasteiger partial charge in [-0.25, -0.2) is 0 Å². The van der Waals surface area contributed by atoms with E-state index in [1.165, 1.54) is 11.3 Å². The molecule has 1 N–H and O–H groups in total. The molecule has 0 bridgehead atoms. The van der Waals surface area contributed by atoms with Crippen LogP contribution in [-0.4, -0.2) is 20.5 Å². The molecule has 0 amide bonds. The largest absolute Gasteiger partial charge is 0.388 e. The highest BCUT2D eigenvalue weighted by Gasteiger charge is 2.32. The van der Waals surface area contributed by atoms with E-state index >= 15 is 0 Å². The molecule has 0 atom stereocenters. The highest BCUT2D eigenvalue weighted by Crippen LogP contribution is 2.31. The summed E-state index contributed by atoms with van der Waals surface area (Å²) in [6, 6.07) is 0. The second kappa shape index (κ2) is 3.63. The molecule has 0 spiro atoms. The van der Waals surface area contributed by atoms with Crippen molar-refractivity contribution in [1.29, 1.82) is 0 Å². The summed E-state index contributed by atoms with van der Waals surface area (Å²) in [6.07, 6.45) is 4.14. The average Bonchev–Trinajstić information content (AvgIpc) is 2.69. The van der Waals surface area contributed by atoms with Crippen LogP contribution in [0.1, 0.15) is 42.6 Å². The van der Waals surface area contributed by atoms with Gasteiger partial charge in [0.25, 0.3) is 0 Å². The quantitative estimate of drug-likeness (QED) is 0.808. The Balaban J connectivity index is 2.20. The van der Waals surface area contributed by atoms with Crippen molar-refractivity contribution in [2.24, 2.45) is 0 Å². The van der Waals surface area contributed by atoms with Gasteiger partial charge >= 0.3 is 0 Å². The lowest BCUT2D eigenvalue weighted by Gasteiger charge is -2.22. The van der Waals surface area contributed by atoms with E-state index in [9.17, 15) is 5.11 Å². The first-order chi connectivity index (χ1) is 7.02. The topological polar surface area (TPSA) is 38.0 Å². The summed E-state index contributed by atoms with van der Waals surface area (Å²) in [4.78, 5) is 0. The molecule has 0 saturated heterocycles. The van der Waals surface area contributed by atoms with Crippen molar-refractivity contribution in [2.45, 2.75) is 58.6 Å². The molecular formula is C12H20N2O. The van der Waals surface area contributed by atoms with Gasteiger partial charge in [-0.05, 0) is 39.2 Å². The van der Waals surface area contributed by atoms with E-state index < -0.39 is 5.60 Å². The van der Waals surface area contributed by atoms with Gasteiger partial charge in [0.05, 0.1) is 17.8 Å². The minimum Gasteiger partial charge on any atom is -0.388 e. The summed E-state index contributed by atoms with van der Waals surface area (Å²) in [5.74, 6) is 0. The molecule has 2 rings (SSSR count). The lowest BCUT2D eigenvalue weighted by Crippen LogP contribution is -2.31. The van der Waals surface area contributed by atoms with Crippen molar-refractivity contribution in [3.05, 3.63) is 17.0 Å². The molecule has 1 aliphatic rings. The fourth-order valence-corrected chi connectivity index (χ4v) is 2.41. The van der Waals surface area contributed by atoms with Crippen LogP contribution in [0.3, 0.4) is 0 Å². The van der Waals surface area contributed by atoms with E-state index in [0.717, 1.165) is 31.4 Å². The van der Waals surface area contributed by atoms with Gasteiger partial charge in [0, 0.05) is 5.69 Å². The average molecular weight is 208 g/mol. The van der Waals surface area contributed by atoms with Gasteiger partial charge in [0.2, 0.25) is 0 Å². The number of rotatable bonds is 2. The van der Waals surface area contributed by atoms with Crippen molar-refractivity contribution < 1.29 is 5.11 Å². The molecule has 1 saturated carbocycles. The summed E-state index contributed by atoms with van der Waals surface area (Å²) < 4.78 is 1.97. The Labute approximate surface area is 91.1 Å². The van der Waals surface area contributed by atoms with E-state index in [4.69, 9.17) is 0 Å². The normalized spacial score (nSPS) is 19.7. The van der Waals surface area contributed by atoms with Crippen LogP contribution in [0.2, 0.25) is 0 Å². The van der Waals surface area contributed by atoms with Crippen LogP contribution in [0.25, 0.3) is 0 Å². The zero-order valence-electron chi connectivity index (χ0n) is 9.88. The second-order valence-electron chi connectivity index (χ2n) is 4.88. The van der Waals surface area contributed by atoms with Gasteiger partial charge in [-0.1, -0.05) is 12.8 Å². The Kier molecular flexibility index (Phi) is 2.59. The molecule has 3 nitrogen and oxygen atoms in total. The molecule has 1 fully saturated rings. The maximum Gasteiger partial charge on any atom is 0.0842 e. The highest BCUT2D eigenvalue weighted by atomic mass is 16.3. The molecule has 0 aromatic carbocycles. The van der Waals surface area contributed by atoms with Crippen LogP contribution < -0.4 is 0 Å². The highest BCUT2D eigenvalue weighted by molar-refractivity contribution is 5.22. The lowest BCUT2D eigenvalue weighted by atomic mass is 10.0. The predicted octanol–water partition coefficient (Wildman–Crippen LogP) is 2.11. The molecular weight excluding hydrogens is 188 g/mol. The predicted molar refractivity (Wildman–Crippen MR) is 59.9 cm³/mol. The van der Waals surface area contributed by atoms with Gasteiger partial charge in [-0.15, -0.1) is 0 Å². The van der Waals surface area contributed by atoms with Crippen LogP contribution in [0.4, 0.5) is 0 Å². The number of hydrogen-bond donors (Lipinski definition) is 1. The fourth-order valence-electron chi connectivity index (χ4n) is 2.41. The first kappa shape index (κ1) is 10.7. The Morgan fingerprint density at radius 1 is 1.27 bits per heavy atom. The third-order valence-electron chi connectivity index (χ3n) is 3.72. The monoisotopic (exact) mass is 208 g/mol. The van der Waals surface area contributed by atoms with E-state index in [0.29, 0.717) is 6.54 Å². The van der Waals surface area contributed by atoms with Crippen molar-refractivity contribution in [3.8, 4) is 0 Å². The third-order valence-corrected chi connectivity index (χ3v) is 3.72. The number of nitrogens with zero attached hydrogens (tertiary/aromatic N) is 2. The SMILES string of the molecule is Cc1nn(CC2(O)CCCC2)c(C)c1C. The van der Waals surface area contributed by atoms with Crippen LogP contribution in [-0.2, 0) is 6.54 Å². The fraction of sp³-hybridized carbons (Fsp3) is 0.750. The molecule has 1 aliphatic carbocycles. The summed E-state index contributed by atoms with van der Waals surface area (Å²) in [5.41, 5.74) is 3.01. The smallest absolute Gasteiger partial charge is 0.0842 e. The maximum atomic E-state index is 10.3. The summed E-state index contributed by atoms with van der Waals surface area (Å²) in [6.45, 7) is 6.85. The molecule has 3 heteroatoms. The zero-order chi connectivity index (χ0) is 11.1. The Hall–Kier alpha value is -0.830. The number of aliphatic hydroxyl groups is 1. The third kappa shape index (κ3) is 1.93. The van der Waals surface area contributed by atoms with Crippen molar-refractivity contribution in [2.75, 3.05) is 0 Å². The standard InChI is InChI=1S/C12H20N2O/c1-9-10(2)13-14(11(9)3)8-12(15)6-4-5-7-12/h15H,4-8H2,1-3H3. The minimum absolute atomic E-state index is 0.504. The summed E-state index contributed by atoms with van der Waals surface area (Å²) in [5, 5.41) is 14.8. The minimum atomic E-state index is -0.504. The van der Waals surface area contributed by atoms with Crippen molar-refractivity contribution >= 4 is 0 Å². The Bertz CT molecular complexity index is 362. The van der Waals surface area contributed by atoms with E-state index in [1.807, 2.05) is 11.6 Å². The van der Waals surface area contributed by atoms with Crippen LogP contribution in [0.5, 0.6) is 0 Å². The molecule has 84 valence electrons. The van der Waals surface area contributed by atoms with Gasteiger partial charge in [-0.2, -0.15) is 5.10 Å². The summed E-state index contributed by atoms with van der Waals surface area (Å²) >= 11 is 0. The molecule has 0 aliphatic heterocycles. The van der Waals surface area contributed by atoms with Gasteiger partial charge in [0.15, 0.2) is 0 Å². The molecule has 1 aromatic heterocycles. The van der Waals surface area contributed by atoms with Crippen molar-refractivity contribution in [3.63, 3.8) is 0 Å². The van der Waals surface area contributed by atoms with E-state index in [1.54, 1.807) is 0 Å². The Morgan fingerprint density at radius 3 is 2.33 bits per heavy atom. The molecule has 0 unspecified atom stereocenters. The molecule has 15 heavy (non-hydrogen) atoms.